The zero-order valence-electron chi connectivity index (χ0n) is 14.9. The van der Waals surface area contributed by atoms with E-state index in [0.717, 1.165) is 10.2 Å². The minimum atomic E-state index is -0.165. The summed E-state index contributed by atoms with van der Waals surface area (Å²) in [7, 11) is 0. The van der Waals surface area contributed by atoms with Gasteiger partial charge in [0.1, 0.15) is 5.76 Å². The van der Waals surface area contributed by atoms with Crippen LogP contribution in [0.4, 0.5) is 5.13 Å². The molecule has 6 heteroatoms. The minimum absolute atomic E-state index is 0.165. The SMILES string of the molecule is Cc1cc2nc(N(Cc3ccco3)C(=O)c3cccc(Cl)c3)sc2cc1C. The lowest BCUT2D eigenvalue weighted by Crippen LogP contribution is -2.30. The smallest absolute Gasteiger partial charge is 0.260 e. The monoisotopic (exact) mass is 396 g/mol. The molecule has 27 heavy (non-hydrogen) atoms. The fourth-order valence-electron chi connectivity index (χ4n) is 2.85. The van der Waals surface area contributed by atoms with Crippen molar-refractivity contribution in [3.05, 3.63) is 82.3 Å². The summed E-state index contributed by atoms with van der Waals surface area (Å²) < 4.78 is 6.52. The van der Waals surface area contributed by atoms with Gasteiger partial charge >= 0.3 is 0 Å². The van der Waals surface area contributed by atoms with E-state index < -0.39 is 0 Å². The van der Waals surface area contributed by atoms with Crippen molar-refractivity contribution in [1.29, 1.82) is 0 Å². The zero-order chi connectivity index (χ0) is 19.0. The molecule has 2 aromatic heterocycles. The van der Waals surface area contributed by atoms with Crippen molar-refractivity contribution in [3.8, 4) is 0 Å². The predicted octanol–water partition coefficient (Wildman–Crippen LogP) is 6.01. The molecule has 0 aliphatic rings. The molecule has 0 aliphatic carbocycles. The van der Waals surface area contributed by atoms with E-state index in [-0.39, 0.29) is 5.91 Å². The minimum Gasteiger partial charge on any atom is -0.467 e. The molecule has 0 saturated heterocycles. The van der Waals surface area contributed by atoms with Gasteiger partial charge in [0.05, 0.1) is 23.0 Å². The number of hydrogen-bond acceptors (Lipinski definition) is 4. The first-order valence-electron chi connectivity index (χ1n) is 8.49. The van der Waals surface area contributed by atoms with Crippen LogP contribution in [0.25, 0.3) is 10.2 Å². The van der Waals surface area contributed by atoms with E-state index in [9.17, 15) is 4.79 Å². The summed E-state index contributed by atoms with van der Waals surface area (Å²) in [6.45, 7) is 4.44. The molecule has 136 valence electrons. The third-order valence-corrected chi connectivity index (χ3v) is 5.71. The molecule has 0 N–H and O–H groups in total. The Morgan fingerprint density at radius 3 is 2.70 bits per heavy atom. The highest BCUT2D eigenvalue weighted by Crippen LogP contribution is 2.32. The molecule has 4 rings (SSSR count). The standard InChI is InChI=1S/C21H17ClN2O2S/c1-13-9-18-19(10-14(13)2)27-21(23-18)24(12-17-7-4-8-26-17)20(25)15-5-3-6-16(22)11-15/h3-11H,12H2,1-2H3. The maximum absolute atomic E-state index is 13.2. The predicted molar refractivity (Wildman–Crippen MR) is 110 cm³/mol. The molecule has 0 spiro atoms. The third-order valence-electron chi connectivity index (χ3n) is 4.43. The van der Waals surface area contributed by atoms with Crippen LogP contribution >= 0.6 is 22.9 Å². The summed E-state index contributed by atoms with van der Waals surface area (Å²) in [6, 6.07) is 14.8. The molecule has 0 atom stereocenters. The highest BCUT2D eigenvalue weighted by atomic mass is 35.5. The fourth-order valence-corrected chi connectivity index (χ4v) is 4.08. The summed E-state index contributed by atoms with van der Waals surface area (Å²) in [5, 5.41) is 1.16. The van der Waals surface area contributed by atoms with Crippen LogP contribution in [0.5, 0.6) is 0 Å². The van der Waals surface area contributed by atoms with Crippen molar-refractivity contribution in [2.24, 2.45) is 0 Å². The second-order valence-corrected chi connectivity index (χ2v) is 7.83. The van der Waals surface area contributed by atoms with Gasteiger partial charge in [0.2, 0.25) is 0 Å². The van der Waals surface area contributed by atoms with Gasteiger partial charge in [-0.05, 0) is 67.4 Å². The van der Waals surface area contributed by atoms with Gasteiger partial charge in [0.15, 0.2) is 5.13 Å². The Morgan fingerprint density at radius 2 is 1.96 bits per heavy atom. The van der Waals surface area contributed by atoms with E-state index in [0.29, 0.717) is 28.0 Å². The van der Waals surface area contributed by atoms with E-state index in [2.05, 4.69) is 26.0 Å². The van der Waals surface area contributed by atoms with E-state index in [1.807, 2.05) is 12.1 Å². The Hall–Kier alpha value is -2.63. The lowest BCUT2D eigenvalue weighted by atomic mass is 10.1. The lowest BCUT2D eigenvalue weighted by Gasteiger charge is -2.18. The number of rotatable bonds is 4. The first kappa shape index (κ1) is 17.8. The first-order chi connectivity index (χ1) is 13.0. The van der Waals surface area contributed by atoms with Gasteiger partial charge in [0, 0.05) is 10.6 Å². The molecule has 2 aromatic carbocycles. The largest absolute Gasteiger partial charge is 0.467 e. The number of benzene rings is 2. The number of anilines is 1. The molecule has 4 aromatic rings. The van der Waals surface area contributed by atoms with Crippen LogP contribution in [0.1, 0.15) is 27.2 Å². The summed E-state index contributed by atoms with van der Waals surface area (Å²) >= 11 is 7.58. The van der Waals surface area contributed by atoms with Crippen LogP contribution in [0, 0.1) is 13.8 Å². The Morgan fingerprint density at radius 1 is 1.15 bits per heavy atom. The van der Waals surface area contributed by atoms with E-state index in [1.54, 1.807) is 35.4 Å². The molecule has 0 unspecified atom stereocenters. The summed E-state index contributed by atoms with van der Waals surface area (Å²) in [4.78, 5) is 19.6. The molecule has 0 saturated carbocycles. The molecule has 0 fully saturated rings. The number of hydrogen-bond donors (Lipinski definition) is 0. The fraction of sp³-hybridized carbons (Fsp3) is 0.143. The number of nitrogens with zero attached hydrogens (tertiary/aromatic N) is 2. The number of furan rings is 1. The second-order valence-electron chi connectivity index (χ2n) is 6.38. The normalized spacial score (nSPS) is 11.1. The molecule has 0 aliphatic heterocycles. The molecular formula is C21H17ClN2O2S. The summed E-state index contributed by atoms with van der Waals surface area (Å²) in [5.41, 5.74) is 3.79. The first-order valence-corrected chi connectivity index (χ1v) is 9.68. The van der Waals surface area contributed by atoms with Crippen molar-refractivity contribution in [2.75, 3.05) is 4.90 Å². The number of carbonyl (C=O) groups excluding carboxylic acids is 1. The number of carbonyl (C=O) groups is 1. The van der Waals surface area contributed by atoms with Gasteiger partial charge in [-0.3, -0.25) is 9.69 Å². The Bertz CT molecular complexity index is 1080. The van der Waals surface area contributed by atoms with Crippen molar-refractivity contribution in [3.63, 3.8) is 0 Å². The highest BCUT2D eigenvalue weighted by molar-refractivity contribution is 7.22. The second kappa shape index (κ2) is 7.18. The average molecular weight is 397 g/mol. The van der Waals surface area contributed by atoms with Crippen molar-refractivity contribution < 1.29 is 9.21 Å². The summed E-state index contributed by atoms with van der Waals surface area (Å²) in [6.07, 6.45) is 1.60. The van der Waals surface area contributed by atoms with Crippen LogP contribution in [-0.2, 0) is 6.54 Å². The number of halogens is 1. The third kappa shape index (κ3) is 3.61. The lowest BCUT2D eigenvalue weighted by molar-refractivity contribution is 0.0983. The Kier molecular flexibility index (Phi) is 4.72. The maximum atomic E-state index is 13.2. The molecular weight excluding hydrogens is 380 g/mol. The van der Waals surface area contributed by atoms with Crippen molar-refractivity contribution in [1.82, 2.24) is 4.98 Å². The van der Waals surface area contributed by atoms with Crippen LogP contribution < -0.4 is 4.90 Å². The van der Waals surface area contributed by atoms with Gasteiger partial charge in [0.25, 0.3) is 5.91 Å². The molecule has 0 bridgehead atoms. The van der Waals surface area contributed by atoms with E-state index in [1.165, 1.54) is 22.5 Å². The number of fused-ring (bicyclic) bond motifs is 1. The quantitative estimate of drug-likeness (QED) is 0.424. The average Bonchev–Trinajstić information content (AvgIpc) is 3.29. The number of aromatic nitrogens is 1. The Balaban J connectivity index is 1.79. The topological polar surface area (TPSA) is 46.3 Å². The number of thiazole rings is 1. The maximum Gasteiger partial charge on any atom is 0.260 e. The number of aryl methyl sites for hydroxylation is 2. The molecule has 0 radical (unpaired) electrons. The van der Waals surface area contributed by atoms with Crippen LogP contribution in [-0.4, -0.2) is 10.9 Å². The zero-order valence-corrected chi connectivity index (χ0v) is 16.5. The van der Waals surface area contributed by atoms with Gasteiger partial charge < -0.3 is 4.42 Å². The Labute approximate surface area is 166 Å². The summed E-state index contributed by atoms with van der Waals surface area (Å²) in [5.74, 6) is 0.526. The van der Waals surface area contributed by atoms with E-state index in [4.69, 9.17) is 21.0 Å². The van der Waals surface area contributed by atoms with Crippen molar-refractivity contribution in [2.45, 2.75) is 20.4 Å². The van der Waals surface area contributed by atoms with Crippen molar-refractivity contribution >= 4 is 44.2 Å². The molecule has 2 heterocycles. The van der Waals surface area contributed by atoms with Gasteiger partial charge in [-0.1, -0.05) is 29.0 Å². The van der Waals surface area contributed by atoms with Gasteiger partial charge in [-0.25, -0.2) is 4.98 Å². The number of amides is 1. The van der Waals surface area contributed by atoms with Gasteiger partial charge in [-0.2, -0.15) is 0 Å². The molecule has 4 nitrogen and oxygen atoms in total. The van der Waals surface area contributed by atoms with Crippen LogP contribution in [0.3, 0.4) is 0 Å². The van der Waals surface area contributed by atoms with Gasteiger partial charge in [-0.15, -0.1) is 0 Å². The van der Waals surface area contributed by atoms with Crippen LogP contribution in [0.2, 0.25) is 5.02 Å². The highest BCUT2D eigenvalue weighted by Gasteiger charge is 2.23. The molecule has 1 amide bonds. The van der Waals surface area contributed by atoms with Crippen LogP contribution in [0.15, 0.2) is 59.2 Å². The van der Waals surface area contributed by atoms with E-state index >= 15 is 0 Å².